The Morgan fingerprint density at radius 3 is 2.50 bits per heavy atom. The van der Waals surface area contributed by atoms with Crippen molar-refractivity contribution >= 4 is 5.97 Å². The van der Waals surface area contributed by atoms with Crippen molar-refractivity contribution in [3.8, 4) is 11.5 Å². The summed E-state index contributed by atoms with van der Waals surface area (Å²) in [7, 11) is 4.67. The van der Waals surface area contributed by atoms with E-state index in [4.69, 9.17) is 25.1 Å². The van der Waals surface area contributed by atoms with E-state index in [-0.39, 0.29) is 6.42 Å². The molecule has 1 unspecified atom stereocenters. The van der Waals surface area contributed by atoms with Gasteiger partial charge in [0.1, 0.15) is 0 Å². The number of benzene rings is 1. The van der Waals surface area contributed by atoms with Crippen LogP contribution in [0.25, 0.3) is 0 Å². The molecule has 0 saturated carbocycles. The summed E-state index contributed by atoms with van der Waals surface area (Å²) in [6.07, 6.45) is 0.326. The summed E-state index contributed by atoms with van der Waals surface area (Å²) in [5.74, 6) is 0.215. The van der Waals surface area contributed by atoms with Crippen molar-refractivity contribution in [2.75, 3.05) is 21.3 Å². The predicted molar refractivity (Wildman–Crippen MR) is 74.1 cm³/mol. The normalized spacial score (nSPS) is 12.0. The van der Waals surface area contributed by atoms with Crippen molar-refractivity contribution in [1.82, 2.24) is 0 Å². The van der Waals surface area contributed by atoms with E-state index in [0.29, 0.717) is 24.5 Å². The van der Waals surface area contributed by atoms with Crippen molar-refractivity contribution in [3.05, 3.63) is 23.3 Å². The second-order valence-corrected chi connectivity index (χ2v) is 4.39. The van der Waals surface area contributed by atoms with E-state index in [0.717, 1.165) is 11.1 Å². The van der Waals surface area contributed by atoms with Crippen LogP contribution < -0.4 is 15.2 Å². The number of aliphatic carboxylic acids is 1. The summed E-state index contributed by atoms with van der Waals surface area (Å²) in [6, 6.07) is 3.24. The Kier molecular flexibility index (Phi) is 6.27. The van der Waals surface area contributed by atoms with Gasteiger partial charge in [0.05, 0.1) is 20.8 Å². The van der Waals surface area contributed by atoms with Crippen LogP contribution in [0.4, 0.5) is 0 Å². The van der Waals surface area contributed by atoms with Crippen molar-refractivity contribution < 1.29 is 24.1 Å². The zero-order valence-corrected chi connectivity index (χ0v) is 12.0. The molecule has 6 heteroatoms. The zero-order valence-electron chi connectivity index (χ0n) is 12.0. The lowest BCUT2D eigenvalue weighted by atomic mass is 9.99. The van der Waals surface area contributed by atoms with Crippen LogP contribution in [0, 0.1) is 0 Å². The summed E-state index contributed by atoms with van der Waals surface area (Å²) in [6.45, 7) is 0.416. The molecule has 0 aromatic heterocycles. The van der Waals surface area contributed by atoms with Crippen LogP contribution >= 0.6 is 0 Å². The number of carbonyl (C=O) groups is 1. The number of rotatable bonds is 8. The number of carboxylic acids is 1. The van der Waals surface area contributed by atoms with E-state index in [1.165, 1.54) is 7.11 Å². The first-order valence-electron chi connectivity index (χ1n) is 6.24. The van der Waals surface area contributed by atoms with Gasteiger partial charge >= 0.3 is 5.97 Å². The maximum absolute atomic E-state index is 10.7. The third-order valence-electron chi connectivity index (χ3n) is 2.95. The molecule has 1 aromatic rings. The lowest BCUT2D eigenvalue weighted by Crippen LogP contribution is -2.14. The summed E-state index contributed by atoms with van der Waals surface area (Å²) in [5, 5.41) is 8.74. The molecular formula is C14H21NO5. The standard InChI is InChI=1S/C14H21NO5/c1-18-8-9-6-10(11(15)4-5-13(16)17)14(20-3)12(7-9)19-2/h6-7,11H,4-5,8,15H2,1-3H3,(H,16,17). The minimum atomic E-state index is -0.876. The number of nitrogens with two attached hydrogens (primary N) is 1. The average Bonchev–Trinajstić information content (AvgIpc) is 2.43. The van der Waals surface area contributed by atoms with E-state index in [9.17, 15) is 4.79 Å². The number of methoxy groups -OCH3 is 3. The van der Waals surface area contributed by atoms with Gasteiger partial charge in [-0.05, 0) is 24.1 Å². The first kappa shape index (κ1) is 16.3. The Labute approximate surface area is 118 Å². The van der Waals surface area contributed by atoms with Crippen LogP contribution in [0.15, 0.2) is 12.1 Å². The first-order valence-corrected chi connectivity index (χ1v) is 6.24. The summed E-state index contributed by atoms with van der Waals surface area (Å²) < 4.78 is 15.7. The monoisotopic (exact) mass is 283 g/mol. The second kappa shape index (κ2) is 7.72. The Balaban J connectivity index is 3.12. The van der Waals surface area contributed by atoms with Crippen molar-refractivity contribution in [2.24, 2.45) is 5.73 Å². The van der Waals surface area contributed by atoms with Crippen LogP contribution in [0.1, 0.15) is 30.0 Å². The number of hydrogen-bond donors (Lipinski definition) is 2. The van der Waals surface area contributed by atoms with Crippen LogP contribution in [0.2, 0.25) is 0 Å². The van der Waals surface area contributed by atoms with Crippen LogP contribution in [0.3, 0.4) is 0 Å². The molecule has 1 rings (SSSR count). The molecule has 0 amide bonds. The number of ether oxygens (including phenoxy) is 3. The molecule has 0 saturated heterocycles. The van der Waals surface area contributed by atoms with Gasteiger partial charge in [-0.3, -0.25) is 4.79 Å². The number of carboxylic acid groups (broad SMARTS) is 1. The molecule has 0 spiro atoms. The Morgan fingerprint density at radius 1 is 1.30 bits per heavy atom. The fraction of sp³-hybridized carbons (Fsp3) is 0.500. The SMILES string of the molecule is COCc1cc(OC)c(OC)c(C(N)CCC(=O)O)c1. The fourth-order valence-electron chi connectivity index (χ4n) is 2.01. The maximum atomic E-state index is 10.7. The quantitative estimate of drug-likeness (QED) is 0.754. The first-order chi connectivity index (χ1) is 9.53. The highest BCUT2D eigenvalue weighted by Gasteiger charge is 2.18. The van der Waals surface area contributed by atoms with E-state index >= 15 is 0 Å². The molecule has 1 atom stereocenters. The van der Waals surface area contributed by atoms with Gasteiger partial charge in [0.15, 0.2) is 11.5 Å². The Bertz CT molecular complexity index is 461. The lowest BCUT2D eigenvalue weighted by Gasteiger charge is -2.19. The van der Waals surface area contributed by atoms with Crippen LogP contribution in [0.5, 0.6) is 11.5 Å². The maximum Gasteiger partial charge on any atom is 0.303 e. The summed E-state index contributed by atoms with van der Waals surface area (Å²) >= 11 is 0. The molecule has 0 aliphatic rings. The number of hydrogen-bond acceptors (Lipinski definition) is 5. The minimum absolute atomic E-state index is 0.00113. The van der Waals surface area contributed by atoms with Crippen molar-refractivity contribution in [2.45, 2.75) is 25.5 Å². The molecule has 112 valence electrons. The fourth-order valence-corrected chi connectivity index (χ4v) is 2.01. The van der Waals surface area contributed by atoms with Crippen LogP contribution in [-0.2, 0) is 16.1 Å². The van der Waals surface area contributed by atoms with Gasteiger partial charge in [-0.25, -0.2) is 0 Å². The van der Waals surface area contributed by atoms with Crippen LogP contribution in [-0.4, -0.2) is 32.4 Å². The van der Waals surface area contributed by atoms with Gasteiger partial charge < -0.3 is 25.1 Å². The van der Waals surface area contributed by atoms with Gasteiger partial charge in [-0.15, -0.1) is 0 Å². The summed E-state index contributed by atoms with van der Waals surface area (Å²) in [5.41, 5.74) is 7.69. The predicted octanol–water partition coefficient (Wildman–Crippen LogP) is 1.71. The summed E-state index contributed by atoms with van der Waals surface area (Å²) in [4.78, 5) is 10.7. The van der Waals surface area contributed by atoms with Gasteiger partial charge in [0, 0.05) is 25.1 Å². The highest BCUT2D eigenvalue weighted by molar-refractivity contribution is 5.66. The molecule has 0 bridgehead atoms. The molecule has 0 radical (unpaired) electrons. The molecule has 0 heterocycles. The van der Waals surface area contributed by atoms with Gasteiger partial charge in [0.2, 0.25) is 0 Å². The Hall–Kier alpha value is -1.79. The molecule has 6 nitrogen and oxygen atoms in total. The van der Waals surface area contributed by atoms with E-state index < -0.39 is 12.0 Å². The van der Waals surface area contributed by atoms with E-state index in [1.54, 1.807) is 14.2 Å². The second-order valence-electron chi connectivity index (χ2n) is 4.39. The molecule has 0 aliphatic carbocycles. The van der Waals surface area contributed by atoms with E-state index in [1.807, 2.05) is 12.1 Å². The van der Waals surface area contributed by atoms with Gasteiger partial charge in [-0.1, -0.05) is 0 Å². The Morgan fingerprint density at radius 2 is 2.00 bits per heavy atom. The molecule has 1 aromatic carbocycles. The minimum Gasteiger partial charge on any atom is -0.493 e. The highest BCUT2D eigenvalue weighted by atomic mass is 16.5. The molecular weight excluding hydrogens is 262 g/mol. The topological polar surface area (TPSA) is 91.0 Å². The molecule has 20 heavy (non-hydrogen) atoms. The van der Waals surface area contributed by atoms with Gasteiger partial charge in [-0.2, -0.15) is 0 Å². The molecule has 0 fully saturated rings. The third kappa shape index (κ3) is 4.11. The zero-order chi connectivity index (χ0) is 15.1. The average molecular weight is 283 g/mol. The van der Waals surface area contributed by atoms with Gasteiger partial charge in [0.25, 0.3) is 0 Å². The van der Waals surface area contributed by atoms with E-state index in [2.05, 4.69) is 0 Å². The molecule has 3 N–H and O–H groups in total. The lowest BCUT2D eigenvalue weighted by molar-refractivity contribution is -0.137. The van der Waals surface area contributed by atoms with Crippen molar-refractivity contribution in [1.29, 1.82) is 0 Å². The largest absolute Gasteiger partial charge is 0.493 e. The third-order valence-corrected chi connectivity index (χ3v) is 2.95. The highest BCUT2D eigenvalue weighted by Crippen LogP contribution is 2.37. The smallest absolute Gasteiger partial charge is 0.303 e. The van der Waals surface area contributed by atoms with Crippen molar-refractivity contribution in [3.63, 3.8) is 0 Å². The molecule has 0 aliphatic heterocycles.